The molecule has 9 heteroatoms. The van der Waals surface area contributed by atoms with E-state index in [1.807, 2.05) is 60.7 Å². The van der Waals surface area contributed by atoms with Gasteiger partial charge in [-0.3, -0.25) is 15.6 Å². The molecule has 1 amide bonds. The highest BCUT2D eigenvalue weighted by molar-refractivity contribution is 9.10. The maximum absolute atomic E-state index is 14.2. The third-order valence-corrected chi connectivity index (χ3v) is 5.39. The minimum atomic E-state index is -0.544. The quantitative estimate of drug-likeness (QED) is 0.263. The maximum Gasteiger partial charge on any atom is 0.250 e. The first-order valence-corrected chi connectivity index (χ1v) is 10.8. The Balaban J connectivity index is 1.53. The summed E-state index contributed by atoms with van der Waals surface area (Å²) in [5.74, 6) is -0.932. The molecule has 0 bridgehead atoms. The Labute approximate surface area is 198 Å². The van der Waals surface area contributed by atoms with E-state index in [-0.39, 0.29) is 28.9 Å². The van der Waals surface area contributed by atoms with Gasteiger partial charge in [-0.1, -0.05) is 76.6 Å². The Kier molecular flexibility index (Phi) is 6.80. The van der Waals surface area contributed by atoms with E-state index in [9.17, 15) is 9.18 Å². The van der Waals surface area contributed by atoms with Crippen molar-refractivity contribution in [3.05, 3.63) is 107 Å². The first kappa shape index (κ1) is 22.2. The minimum absolute atomic E-state index is 0.121. The average molecular weight is 507 g/mol. The predicted octanol–water partition coefficient (Wildman–Crippen LogP) is 4.98. The van der Waals surface area contributed by atoms with Crippen LogP contribution in [0.25, 0.3) is 0 Å². The molecule has 0 aliphatic heterocycles. The van der Waals surface area contributed by atoms with Crippen LogP contribution in [0.15, 0.2) is 89.7 Å². The highest BCUT2D eigenvalue weighted by Crippen LogP contribution is 2.29. The van der Waals surface area contributed by atoms with Gasteiger partial charge in [0.15, 0.2) is 11.6 Å². The Hall–Kier alpha value is -3.98. The lowest BCUT2D eigenvalue weighted by Crippen LogP contribution is -2.35. The number of rotatable bonds is 7. The highest BCUT2D eigenvalue weighted by atomic mass is 79.9. The van der Waals surface area contributed by atoms with Crippen molar-refractivity contribution in [2.45, 2.75) is 5.92 Å². The van der Waals surface area contributed by atoms with Gasteiger partial charge in [0.2, 0.25) is 5.91 Å². The highest BCUT2D eigenvalue weighted by Gasteiger charge is 2.23. The molecule has 166 valence electrons. The third kappa shape index (κ3) is 5.27. The van der Waals surface area contributed by atoms with E-state index in [0.717, 1.165) is 11.1 Å². The molecule has 0 fully saturated rings. The lowest BCUT2D eigenvalue weighted by molar-refractivity contribution is -0.121. The molecule has 0 unspecified atom stereocenters. The number of hydrogen-bond donors (Lipinski definition) is 4. The van der Waals surface area contributed by atoms with Crippen LogP contribution < -0.4 is 21.9 Å². The normalized spacial score (nSPS) is 10.6. The average Bonchev–Trinajstić information content (AvgIpc) is 2.83. The number of nitrogens with two attached hydrogens (primary N) is 1. The van der Waals surface area contributed by atoms with E-state index in [0.29, 0.717) is 4.47 Å². The number of nitrogens with one attached hydrogen (secondary N) is 3. The van der Waals surface area contributed by atoms with Gasteiger partial charge in [0, 0.05) is 4.47 Å². The van der Waals surface area contributed by atoms with Crippen molar-refractivity contribution in [3.8, 4) is 0 Å². The van der Waals surface area contributed by atoms with Crippen molar-refractivity contribution in [1.29, 1.82) is 0 Å². The maximum atomic E-state index is 14.2. The Morgan fingerprint density at radius 2 is 1.52 bits per heavy atom. The lowest BCUT2D eigenvalue weighted by atomic mass is 9.91. The summed E-state index contributed by atoms with van der Waals surface area (Å²) in [5, 5.41) is 2.85. The number of benzene rings is 3. The van der Waals surface area contributed by atoms with Gasteiger partial charge in [-0.15, -0.1) is 0 Å². The van der Waals surface area contributed by atoms with Gasteiger partial charge in [-0.2, -0.15) is 0 Å². The van der Waals surface area contributed by atoms with E-state index in [1.54, 1.807) is 12.1 Å². The fourth-order valence-corrected chi connectivity index (χ4v) is 3.63. The number of halogens is 2. The van der Waals surface area contributed by atoms with E-state index in [2.05, 4.69) is 42.1 Å². The molecule has 0 aliphatic carbocycles. The molecule has 7 nitrogen and oxygen atoms in total. The van der Waals surface area contributed by atoms with Gasteiger partial charge in [0.05, 0.1) is 11.6 Å². The topological polar surface area (TPSA) is 105 Å². The van der Waals surface area contributed by atoms with E-state index in [1.165, 1.54) is 12.4 Å². The van der Waals surface area contributed by atoms with Gasteiger partial charge < -0.3 is 11.1 Å². The summed E-state index contributed by atoms with van der Waals surface area (Å²) in [6, 6.07) is 23.5. The Bertz CT molecular complexity index is 1220. The summed E-state index contributed by atoms with van der Waals surface area (Å²) in [6.45, 7) is 0. The van der Waals surface area contributed by atoms with Gasteiger partial charge >= 0.3 is 0 Å². The number of nitrogen functional groups attached to an aromatic ring is 1. The number of anilines is 4. The first-order valence-electron chi connectivity index (χ1n) is 10.0. The van der Waals surface area contributed by atoms with Crippen LogP contribution in [0.2, 0.25) is 0 Å². The van der Waals surface area contributed by atoms with Crippen molar-refractivity contribution in [3.63, 3.8) is 0 Å². The Morgan fingerprint density at radius 3 is 2.12 bits per heavy atom. The van der Waals surface area contributed by atoms with Crippen molar-refractivity contribution < 1.29 is 9.18 Å². The summed E-state index contributed by atoms with van der Waals surface area (Å²) < 4.78 is 14.8. The van der Waals surface area contributed by atoms with Crippen LogP contribution in [-0.4, -0.2) is 15.9 Å². The second kappa shape index (κ2) is 10.1. The number of carbonyl (C=O) groups excluding carboxylic acids is 1. The summed E-state index contributed by atoms with van der Waals surface area (Å²) in [6.07, 6.45) is 1.26. The lowest BCUT2D eigenvalue weighted by Gasteiger charge is -2.19. The third-order valence-electron chi connectivity index (χ3n) is 4.90. The molecule has 0 saturated heterocycles. The number of aromatic nitrogens is 2. The van der Waals surface area contributed by atoms with Gasteiger partial charge in [0.25, 0.3) is 0 Å². The molecule has 0 aliphatic rings. The molecule has 0 spiro atoms. The van der Waals surface area contributed by atoms with Gasteiger partial charge in [-0.25, -0.2) is 14.4 Å². The van der Waals surface area contributed by atoms with Crippen LogP contribution in [0.1, 0.15) is 17.0 Å². The standard InChI is InChI=1S/C24H20BrFN6O/c25-17-11-12-19(18(26)13-17)30-22-21(27)23(29-14-28-22)31-32-24(33)20(15-7-3-1-4-8-15)16-9-5-2-6-10-16/h1-14,20H,27H2,(H,32,33)(H2,28,29,30,31). The summed E-state index contributed by atoms with van der Waals surface area (Å²) in [5.41, 5.74) is 13.6. The largest absolute Gasteiger partial charge is 0.393 e. The molecule has 3 aromatic carbocycles. The minimum Gasteiger partial charge on any atom is -0.393 e. The molecule has 1 heterocycles. The van der Waals surface area contributed by atoms with Gasteiger partial charge in [0.1, 0.15) is 17.8 Å². The summed E-state index contributed by atoms with van der Waals surface area (Å²) in [7, 11) is 0. The second-order valence-corrected chi connectivity index (χ2v) is 8.02. The van der Waals surface area contributed by atoms with E-state index >= 15 is 0 Å². The van der Waals surface area contributed by atoms with Crippen LogP contribution in [0.3, 0.4) is 0 Å². The molecule has 4 aromatic rings. The molecule has 0 atom stereocenters. The van der Waals surface area contributed by atoms with Crippen LogP contribution in [0.4, 0.5) is 27.4 Å². The number of amides is 1. The molecule has 1 aromatic heterocycles. The predicted molar refractivity (Wildman–Crippen MR) is 130 cm³/mol. The zero-order valence-electron chi connectivity index (χ0n) is 17.3. The Morgan fingerprint density at radius 1 is 0.909 bits per heavy atom. The fraction of sp³-hybridized carbons (Fsp3) is 0.0417. The van der Waals surface area contributed by atoms with Crippen LogP contribution >= 0.6 is 15.9 Å². The molecule has 0 saturated carbocycles. The van der Waals surface area contributed by atoms with Crippen molar-refractivity contribution in [2.24, 2.45) is 0 Å². The molecular weight excluding hydrogens is 487 g/mol. The molecular formula is C24H20BrFN6O. The van der Waals surface area contributed by atoms with E-state index in [4.69, 9.17) is 5.73 Å². The molecule has 0 radical (unpaired) electrons. The smallest absolute Gasteiger partial charge is 0.250 e. The summed E-state index contributed by atoms with van der Waals surface area (Å²) in [4.78, 5) is 21.3. The number of carbonyl (C=O) groups is 1. The molecule has 33 heavy (non-hydrogen) atoms. The number of nitrogens with zero attached hydrogens (tertiary/aromatic N) is 2. The van der Waals surface area contributed by atoms with Crippen molar-refractivity contribution >= 4 is 44.8 Å². The molecule has 5 N–H and O–H groups in total. The summed E-state index contributed by atoms with van der Waals surface area (Å²) >= 11 is 3.22. The second-order valence-electron chi connectivity index (χ2n) is 7.10. The molecule has 4 rings (SSSR count). The van der Waals surface area contributed by atoms with Gasteiger partial charge in [-0.05, 0) is 29.3 Å². The number of hydrogen-bond acceptors (Lipinski definition) is 6. The van der Waals surface area contributed by atoms with E-state index < -0.39 is 11.7 Å². The van der Waals surface area contributed by atoms with Crippen LogP contribution in [-0.2, 0) is 4.79 Å². The van der Waals surface area contributed by atoms with Crippen LogP contribution in [0, 0.1) is 5.82 Å². The van der Waals surface area contributed by atoms with Crippen LogP contribution in [0.5, 0.6) is 0 Å². The monoisotopic (exact) mass is 506 g/mol. The fourth-order valence-electron chi connectivity index (χ4n) is 3.29. The zero-order valence-corrected chi connectivity index (χ0v) is 18.9. The SMILES string of the molecule is Nc1c(NNC(=O)C(c2ccccc2)c2ccccc2)ncnc1Nc1ccc(Br)cc1F. The van der Waals surface area contributed by atoms with Crippen molar-refractivity contribution in [1.82, 2.24) is 15.4 Å². The number of hydrazine groups is 1. The first-order chi connectivity index (χ1) is 16.0. The van der Waals surface area contributed by atoms with Crippen molar-refractivity contribution in [2.75, 3.05) is 16.5 Å². The zero-order chi connectivity index (χ0) is 23.2.